The predicted molar refractivity (Wildman–Crippen MR) is 71.3 cm³/mol. The first-order chi connectivity index (χ1) is 9.72. The molecule has 0 saturated heterocycles. The van der Waals surface area contributed by atoms with Crippen LogP contribution in [-0.2, 0) is 13.0 Å². The second-order valence-electron chi connectivity index (χ2n) is 4.19. The van der Waals surface area contributed by atoms with E-state index in [1.807, 2.05) is 6.92 Å². The number of rotatable bonds is 4. The van der Waals surface area contributed by atoms with Gasteiger partial charge in [0.05, 0.1) is 13.3 Å². The Labute approximate surface area is 114 Å². The Balaban J connectivity index is 2.04. The van der Waals surface area contributed by atoms with Gasteiger partial charge in [0.15, 0.2) is 11.2 Å². The molecule has 8 nitrogen and oxygen atoms in total. The molecule has 0 atom stereocenters. The number of nitrogens with zero attached hydrogens (tertiary/aromatic N) is 5. The van der Waals surface area contributed by atoms with E-state index in [1.165, 1.54) is 13.4 Å². The number of ether oxygens (including phenoxy) is 1. The van der Waals surface area contributed by atoms with E-state index < -0.39 is 0 Å². The zero-order valence-electron chi connectivity index (χ0n) is 11.2. The summed E-state index contributed by atoms with van der Waals surface area (Å²) in [4.78, 5) is 16.6. The van der Waals surface area contributed by atoms with Crippen molar-refractivity contribution in [1.82, 2.24) is 24.5 Å². The van der Waals surface area contributed by atoms with Gasteiger partial charge in [-0.25, -0.2) is 15.0 Å². The van der Waals surface area contributed by atoms with Crippen LogP contribution < -0.4 is 10.5 Å². The molecule has 0 bridgehead atoms. The summed E-state index contributed by atoms with van der Waals surface area (Å²) in [7, 11) is 1.53. The molecule has 0 amide bonds. The highest BCUT2D eigenvalue weighted by atomic mass is 16.5. The molecule has 0 spiro atoms. The average Bonchev–Trinajstić information content (AvgIpc) is 3.04. The van der Waals surface area contributed by atoms with E-state index in [4.69, 9.17) is 14.9 Å². The lowest BCUT2D eigenvalue weighted by Crippen LogP contribution is -2.05. The Morgan fingerprint density at radius 3 is 2.90 bits per heavy atom. The smallest absolute Gasteiger partial charge is 0.245 e. The minimum Gasteiger partial charge on any atom is -0.479 e. The molecular weight excluding hydrogens is 260 g/mol. The molecule has 3 heterocycles. The minimum absolute atomic E-state index is 0.315. The third-order valence-corrected chi connectivity index (χ3v) is 2.96. The van der Waals surface area contributed by atoms with Crippen LogP contribution in [0, 0.1) is 0 Å². The number of nitrogen functional groups attached to an aromatic ring is 1. The maximum atomic E-state index is 5.92. The SMILES string of the molecule is CCc1cnc(Cn2c(N)nc3c(OC)ncnc32)o1. The van der Waals surface area contributed by atoms with Crippen LogP contribution >= 0.6 is 0 Å². The Morgan fingerprint density at radius 1 is 1.35 bits per heavy atom. The van der Waals surface area contributed by atoms with Gasteiger partial charge in [-0.1, -0.05) is 6.92 Å². The Hall–Kier alpha value is -2.64. The minimum atomic E-state index is 0.315. The number of nitrogens with two attached hydrogens (primary N) is 1. The van der Waals surface area contributed by atoms with Gasteiger partial charge in [-0.3, -0.25) is 4.57 Å². The molecule has 3 rings (SSSR count). The average molecular weight is 274 g/mol. The standard InChI is InChI=1S/C12H14N6O2/c1-3-7-4-14-8(20-7)5-18-10-9(17-12(18)13)11(19-2)16-6-15-10/h4,6H,3,5H2,1-2H3,(H2,13,17). The van der Waals surface area contributed by atoms with Crippen LogP contribution in [0.4, 0.5) is 5.95 Å². The molecule has 0 aliphatic heterocycles. The van der Waals surface area contributed by atoms with E-state index in [0.29, 0.717) is 35.4 Å². The van der Waals surface area contributed by atoms with Crippen molar-refractivity contribution < 1.29 is 9.15 Å². The third kappa shape index (κ3) is 1.94. The first-order valence-corrected chi connectivity index (χ1v) is 6.17. The molecule has 3 aromatic rings. The van der Waals surface area contributed by atoms with Crippen LogP contribution in [0.3, 0.4) is 0 Å². The summed E-state index contributed by atoms with van der Waals surface area (Å²) in [6.45, 7) is 2.37. The van der Waals surface area contributed by atoms with Crippen molar-refractivity contribution in [2.45, 2.75) is 19.9 Å². The number of methoxy groups -OCH3 is 1. The fraction of sp³-hybridized carbons (Fsp3) is 0.333. The fourth-order valence-corrected chi connectivity index (χ4v) is 1.96. The molecule has 0 saturated carbocycles. The topological polar surface area (TPSA) is 105 Å². The Kier molecular flexibility index (Phi) is 2.97. The number of fused-ring (bicyclic) bond motifs is 1. The zero-order chi connectivity index (χ0) is 14.1. The fourth-order valence-electron chi connectivity index (χ4n) is 1.96. The van der Waals surface area contributed by atoms with Crippen LogP contribution in [0.25, 0.3) is 11.2 Å². The van der Waals surface area contributed by atoms with Crippen molar-refractivity contribution >= 4 is 17.1 Å². The van der Waals surface area contributed by atoms with E-state index in [9.17, 15) is 0 Å². The summed E-state index contributed by atoms with van der Waals surface area (Å²) in [6.07, 6.45) is 3.91. The number of hydrogen-bond acceptors (Lipinski definition) is 7. The van der Waals surface area contributed by atoms with E-state index >= 15 is 0 Å². The van der Waals surface area contributed by atoms with Gasteiger partial charge in [-0.2, -0.15) is 4.98 Å². The molecule has 0 unspecified atom stereocenters. The van der Waals surface area contributed by atoms with Gasteiger partial charge < -0.3 is 14.9 Å². The molecule has 0 radical (unpaired) electrons. The van der Waals surface area contributed by atoms with Gasteiger partial charge in [0.1, 0.15) is 18.6 Å². The third-order valence-electron chi connectivity index (χ3n) is 2.96. The van der Waals surface area contributed by atoms with Crippen molar-refractivity contribution in [2.24, 2.45) is 0 Å². The summed E-state index contributed by atoms with van der Waals surface area (Å²) in [5, 5.41) is 0. The van der Waals surface area contributed by atoms with Crippen LogP contribution in [0.1, 0.15) is 18.6 Å². The van der Waals surface area contributed by atoms with E-state index in [0.717, 1.165) is 12.2 Å². The van der Waals surface area contributed by atoms with Crippen molar-refractivity contribution in [2.75, 3.05) is 12.8 Å². The lowest BCUT2D eigenvalue weighted by Gasteiger charge is -2.02. The molecule has 0 aliphatic carbocycles. The second-order valence-corrected chi connectivity index (χ2v) is 4.19. The highest BCUT2D eigenvalue weighted by molar-refractivity contribution is 5.78. The number of anilines is 1. The lowest BCUT2D eigenvalue weighted by atomic mass is 10.4. The normalized spacial score (nSPS) is 11.1. The molecule has 3 aromatic heterocycles. The summed E-state index contributed by atoms with van der Waals surface area (Å²) in [6, 6.07) is 0. The van der Waals surface area contributed by atoms with Gasteiger partial charge >= 0.3 is 0 Å². The molecule has 0 fully saturated rings. The van der Waals surface area contributed by atoms with E-state index in [-0.39, 0.29) is 0 Å². The van der Waals surface area contributed by atoms with Crippen LogP contribution in [-0.4, -0.2) is 31.6 Å². The number of hydrogen-bond donors (Lipinski definition) is 1. The summed E-state index contributed by atoms with van der Waals surface area (Å²) < 4.78 is 12.4. The first kappa shape index (κ1) is 12.4. The largest absolute Gasteiger partial charge is 0.479 e. The Morgan fingerprint density at radius 2 is 2.20 bits per heavy atom. The molecule has 8 heteroatoms. The Bertz CT molecular complexity index is 748. The summed E-state index contributed by atoms with van der Waals surface area (Å²) in [5.74, 6) is 2.10. The maximum absolute atomic E-state index is 5.92. The molecule has 104 valence electrons. The second kappa shape index (κ2) is 4.80. The monoisotopic (exact) mass is 274 g/mol. The quantitative estimate of drug-likeness (QED) is 0.757. The van der Waals surface area contributed by atoms with E-state index in [1.54, 1.807) is 10.8 Å². The highest BCUT2D eigenvalue weighted by Gasteiger charge is 2.16. The van der Waals surface area contributed by atoms with Crippen LogP contribution in [0.15, 0.2) is 16.9 Å². The molecule has 0 aliphatic rings. The maximum Gasteiger partial charge on any atom is 0.245 e. The van der Waals surface area contributed by atoms with Gasteiger partial charge in [0.25, 0.3) is 0 Å². The predicted octanol–water partition coefficient (Wildman–Crippen LogP) is 1.02. The number of aryl methyl sites for hydroxylation is 1. The number of imidazole rings is 1. The molecule has 20 heavy (non-hydrogen) atoms. The van der Waals surface area contributed by atoms with Crippen molar-refractivity contribution in [3.05, 3.63) is 24.2 Å². The first-order valence-electron chi connectivity index (χ1n) is 6.17. The lowest BCUT2D eigenvalue weighted by molar-refractivity contribution is 0.401. The summed E-state index contributed by atoms with van der Waals surface area (Å²) >= 11 is 0. The highest BCUT2D eigenvalue weighted by Crippen LogP contribution is 2.23. The zero-order valence-corrected chi connectivity index (χ0v) is 11.2. The molecule has 2 N–H and O–H groups in total. The van der Waals surface area contributed by atoms with Crippen molar-refractivity contribution in [3.8, 4) is 5.88 Å². The molecular formula is C12H14N6O2. The molecule has 0 aromatic carbocycles. The summed E-state index contributed by atoms with van der Waals surface area (Å²) in [5.41, 5.74) is 7.03. The van der Waals surface area contributed by atoms with Crippen LogP contribution in [0.5, 0.6) is 5.88 Å². The van der Waals surface area contributed by atoms with Crippen molar-refractivity contribution in [1.29, 1.82) is 0 Å². The van der Waals surface area contributed by atoms with Gasteiger partial charge in [0.2, 0.25) is 17.7 Å². The number of oxazole rings is 1. The van der Waals surface area contributed by atoms with Gasteiger partial charge in [-0.15, -0.1) is 0 Å². The van der Waals surface area contributed by atoms with Gasteiger partial charge in [0, 0.05) is 6.42 Å². The van der Waals surface area contributed by atoms with E-state index in [2.05, 4.69) is 19.9 Å². The number of aromatic nitrogens is 5. The van der Waals surface area contributed by atoms with Gasteiger partial charge in [-0.05, 0) is 0 Å². The van der Waals surface area contributed by atoms with Crippen LogP contribution in [0.2, 0.25) is 0 Å². The van der Waals surface area contributed by atoms with Crippen molar-refractivity contribution in [3.63, 3.8) is 0 Å².